The molecule has 7 rings (SSSR count). The molecule has 0 unspecified atom stereocenters. The van der Waals surface area contributed by atoms with Crippen molar-refractivity contribution in [2.45, 2.75) is 37.3 Å². The molecular formula is C35H33ClF2N6O2. The summed E-state index contributed by atoms with van der Waals surface area (Å²) in [6.07, 6.45) is 5.62. The summed E-state index contributed by atoms with van der Waals surface area (Å²) in [6, 6.07) is 11.1. The number of amides is 1. The third kappa shape index (κ3) is 5.21. The Hall–Kier alpha value is -4.33. The van der Waals surface area contributed by atoms with Gasteiger partial charge in [-0.05, 0) is 74.0 Å². The summed E-state index contributed by atoms with van der Waals surface area (Å²) in [7, 11) is 0. The van der Waals surface area contributed by atoms with Gasteiger partial charge in [0.05, 0.1) is 16.1 Å². The van der Waals surface area contributed by atoms with Crippen LogP contribution in [0.5, 0.6) is 6.01 Å². The molecule has 1 atom stereocenters. The molecular weight excluding hydrogens is 610 g/mol. The van der Waals surface area contributed by atoms with Crippen molar-refractivity contribution in [1.29, 1.82) is 0 Å². The Kier molecular flexibility index (Phi) is 7.99. The Morgan fingerprint density at radius 2 is 1.89 bits per heavy atom. The first-order chi connectivity index (χ1) is 22.3. The van der Waals surface area contributed by atoms with Crippen LogP contribution in [0.15, 0.2) is 55.1 Å². The van der Waals surface area contributed by atoms with E-state index >= 15 is 4.39 Å². The Morgan fingerprint density at radius 3 is 2.65 bits per heavy atom. The molecule has 11 heteroatoms. The van der Waals surface area contributed by atoms with Gasteiger partial charge in [0.2, 0.25) is 12.5 Å². The molecule has 4 heterocycles. The first-order valence-corrected chi connectivity index (χ1v) is 16.0. The van der Waals surface area contributed by atoms with Crippen LogP contribution < -0.4 is 9.64 Å². The number of halogens is 3. The van der Waals surface area contributed by atoms with Gasteiger partial charge in [0.1, 0.15) is 30.1 Å². The number of hydrogen-bond donors (Lipinski definition) is 0. The lowest BCUT2D eigenvalue weighted by Gasteiger charge is -2.39. The molecule has 236 valence electrons. The van der Waals surface area contributed by atoms with Gasteiger partial charge in [0, 0.05) is 36.0 Å². The van der Waals surface area contributed by atoms with Crippen LogP contribution in [0, 0.1) is 18.2 Å². The number of carbonyl (C=O) groups is 1. The zero-order valence-electron chi connectivity index (χ0n) is 25.3. The van der Waals surface area contributed by atoms with Crippen LogP contribution in [0.25, 0.3) is 37.6 Å². The summed E-state index contributed by atoms with van der Waals surface area (Å²) in [5.41, 5.74) is 1.10. The number of carbonyl (C=O) groups excluding carboxylic acids is 1. The van der Waals surface area contributed by atoms with Gasteiger partial charge in [-0.15, -0.1) is 0 Å². The topological polar surface area (TPSA) is 66.2 Å². The van der Waals surface area contributed by atoms with Gasteiger partial charge in [-0.3, -0.25) is 9.69 Å². The van der Waals surface area contributed by atoms with Gasteiger partial charge in [0.15, 0.2) is 0 Å². The molecule has 1 aromatic heterocycles. The molecule has 3 aliphatic rings. The van der Waals surface area contributed by atoms with Gasteiger partial charge in [-0.1, -0.05) is 42.4 Å². The second kappa shape index (κ2) is 12.1. The van der Waals surface area contributed by atoms with Crippen molar-refractivity contribution >= 4 is 45.0 Å². The Morgan fingerprint density at radius 1 is 1.09 bits per heavy atom. The lowest BCUT2D eigenvalue weighted by Crippen LogP contribution is -2.56. The largest absolute Gasteiger partial charge is 0.461 e. The molecule has 1 amide bonds. The van der Waals surface area contributed by atoms with E-state index < -0.39 is 17.7 Å². The molecule has 3 fully saturated rings. The summed E-state index contributed by atoms with van der Waals surface area (Å²) in [5.74, 6) is -0.884. The molecule has 3 aliphatic heterocycles. The van der Waals surface area contributed by atoms with Crippen LogP contribution >= 0.6 is 11.6 Å². The quantitative estimate of drug-likeness (QED) is 0.169. The highest BCUT2D eigenvalue weighted by molar-refractivity contribution is 6.37. The van der Waals surface area contributed by atoms with Crippen molar-refractivity contribution in [2.75, 3.05) is 50.8 Å². The van der Waals surface area contributed by atoms with Crippen LogP contribution in [0.3, 0.4) is 0 Å². The highest BCUT2D eigenvalue weighted by Gasteiger charge is 2.45. The minimum atomic E-state index is -0.585. The Balaban J connectivity index is 1.34. The van der Waals surface area contributed by atoms with Crippen LogP contribution in [0.4, 0.5) is 14.6 Å². The van der Waals surface area contributed by atoms with E-state index in [2.05, 4.69) is 16.3 Å². The van der Waals surface area contributed by atoms with Crippen LogP contribution in [-0.4, -0.2) is 83.1 Å². The van der Waals surface area contributed by atoms with Crippen molar-refractivity contribution < 1.29 is 18.3 Å². The fraction of sp³-hybridized carbons (Fsp3) is 0.371. The molecule has 0 N–H and O–H groups in total. The Labute approximate surface area is 271 Å². The van der Waals surface area contributed by atoms with E-state index in [1.54, 1.807) is 35.2 Å². The van der Waals surface area contributed by atoms with E-state index in [-0.39, 0.29) is 34.6 Å². The van der Waals surface area contributed by atoms with Gasteiger partial charge in [-0.2, -0.15) is 9.97 Å². The zero-order valence-corrected chi connectivity index (χ0v) is 26.1. The molecule has 0 radical (unpaired) electrons. The highest BCUT2D eigenvalue weighted by Crippen LogP contribution is 2.41. The highest BCUT2D eigenvalue weighted by atomic mass is 35.5. The lowest BCUT2D eigenvalue weighted by molar-refractivity contribution is -0.128. The zero-order chi connectivity index (χ0) is 32.0. The van der Waals surface area contributed by atoms with E-state index in [9.17, 15) is 9.18 Å². The first kappa shape index (κ1) is 30.3. The summed E-state index contributed by atoms with van der Waals surface area (Å²) >= 11 is 6.43. The third-order valence-corrected chi connectivity index (χ3v) is 10.2. The lowest BCUT2D eigenvalue weighted by atomic mass is 9.95. The second-order valence-corrected chi connectivity index (χ2v) is 12.7. The normalized spacial score (nSPS) is 19.4. The molecule has 4 aromatic rings. The Bertz CT molecular complexity index is 1900. The fourth-order valence-electron chi connectivity index (χ4n) is 7.53. The number of piperazine rings is 1. The number of benzene rings is 3. The maximum absolute atomic E-state index is 16.2. The summed E-state index contributed by atoms with van der Waals surface area (Å²) in [4.78, 5) is 31.9. The molecule has 46 heavy (non-hydrogen) atoms. The van der Waals surface area contributed by atoms with E-state index in [0.29, 0.717) is 59.3 Å². The minimum Gasteiger partial charge on any atom is -0.461 e. The average molecular weight is 643 g/mol. The summed E-state index contributed by atoms with van der Waals surface area (Å²) in [5, 5.41) is 1.50. The van der Waals surface area contributed by atoms with Crippen molar-refractivity contribution in [2.24, 2.45) is 0 Å². The monoisotopic (exact) mass is 642 g/mol. The predicted molar refractivity (Wildman–Crippen MR) is 175 cm³/mol. The number of rotatable bonds is 7. The molecule has 0 saturated carbocycles. The van der Waals surface area contributed by atoms with Gasteiger partial charge in [0.25, 0.3) is 0 Å². The molecule has 0 bridgehead atoms. The van der Waals surface area contributed by atoms with E-state index in [4.69, 9.17) is 32.9 Å². The minimum absolute atomic E-state index is 0.0341. The van der Waals surface area contributed by atoms with Gasteiger partial charge in [-0.25, -0.2) is 15.4 Å². The van der Waals surface area contributed by atoms with Crippen LogP contribution in [0.2, 0.25) is 5.02 Å². The average Bonchev–Trinajstić information content (AvgIpc) is 3.65. The predicted octanol–water partition coefficient (Wildman–Crippen LogP) is 6.51. The SMILES string of the molecule is [C-]#[N+]C[C@H]1CN(c2nc(OCC34CCCN3CCC4)nc3cc(-c4cccc5ccc(F)c(Cl)c45)c(F)cc23)CCN1C(=O)C=C. The number of hydrogen-bond acceptors (Lipinski definition) is 6. The number of fused-ring (bicyclic) bond motifs is 3. The maximum atomic E-state index is 16.2. The summed E-state index contributed by atoms with van der Waals surface area (Å²) < 4.78 is 37.1. The van der Waals surface area contributed by atoms with E-state index in [1.807, 2.05) is 4.90 Å². The summed E-state index contributed by atoms with van der Waals surface area (Å²) in [6.45, 7) is 14.9. The number of nitrogens with zero attached hydrogens (tertiary/aromatic N) is 6. The number of ether oxygens (including phenoxy) is 1. The first-order valence-electron chi connectivity index (χ1n) is 15.6. The molecule has 3 aromatic carbocycles. The molecule has 8 nitrogen and oxygen atoms in total. The number of aromatic nitrogens is 2. The van der Waals surface area contributed by atoms with E-state index in [0.717, 1.165) is 38.8 Å². The molecule has 3 saturated heterocycles. The standard InChI is InChI=1S/C35H33ClF2N6O2/c1-3-30(45)44-16-15-42(20-23(44)19-39-2)33-26-17-28(38)25(24-8-4-7-22-9-10-27(37)32(36)31(22)24)18-29(26)40-34(41-33)46-21-35-11-5-13-43(35)14-6-12-35/h3-4,7-10,17-18,23H,1,5-6,11-16,19-21H2/t23-/m0/s1. The smallest absolute Gasteiger partial charge is 0.319 e. The van der Waals surface area contributed by atoms with Gasteiger partial charge < -0.3 is 19.4 Å². The third-order valence-electron chi connectivity index (χ3n) is 9.79. The maximum Gasteiger partial charge on any atom is 0.319 e. The van der Waals surface area contributed by atoms with E-state index in [1.165, 1.54) is 18.2 Å². The second-order valence-electron chi connectivity index (χ2n) is 12.3. The molecule has 0 aliphatic carbocycles. The van der Waals surface area contributed by atoms with Crippen molar-refractivity contribution in [3.8, 4) is 17.1 Å². The van der Waals surface area contributed by atoms with Crippen molar-refractivity contribution in [3.05, 3.63) is 83.2 Å². The van der Waals surface area contributed by atoms with Gasteiger partial charge >= 0.3 is 6.01 Å². The van der Waals surface area contributed by atoms with Crippen molar-refractivity contribution in [3.63, 3.8) is 0 Å². The van der Waals surface area contributed by atoms with Crippen molar-refractivity contribution in [1.82, 2.24) is 19.8 Å². The fourth-order valence-corrected chi connectivity index (χ4v) is 7.81. The van der Waals surface area contributed by atoms with Crippen LogP contribution in [0.1, 0.15) is 25.7 Å². The molecule has 0 spiro atoms. The van der Waals surface area contributed by atoms with Crippen LogP contribution in [-0.2, 0) is 4.79 Å². The number of anilines is 1.